The van der Waals surface area contributed by atoms with Crippen LogP contribution in [0.15, 0.2) is 73.7 Å². The van der Waals surface area contributed by atoms with Crippen LogP contribution in [-0.2, 0) is 0 Å². The van der Waals surface area contributed by atoms with Crippen LogP contribution in [0.2, 0.25) is 0 Å². The van der Waals surface area contributed by atoms with Crippen LogP contribution < -0.4 is 4.90 Å². The van der Waals surface area contributed by atoms with Gasteiger partial charge in [-0.05, 0) is 25.1 Å². The van der Waals surface area contributed by atoms with Gasteiger partial charge in [0, 0.05) is 48.1 Å². The van der Waals surface area contributed by atoms with Crippen LogP contribution in [0.3, 0.4) is 0 Å². The van der Waals surface area contributed by atoms with Crippen LogP contribution in [0.25, 0.3) is 39.3 Å². The number of imidazole rings is 1. The molecule has 0 atom stereocenters. The first-order chi connectivity index (χ1) is 17.0. The molecule has 0 unspecified atom stereocenters. The normalized spacial score (nSPS) is 11.7. The number of aromatic nitrogens is 6. The molecular weight excluding hydrogens is 441 g/mol. The van der Waals surface area contributed by atoms with E-state index in [1.165, 1.54) is 6.07 Å². The van der Waals surface area contributed by atoms with Crippen LogP contribution >= 0.6 is 0 Å². The topological polar surface area (TPSA) is 86.4 Å². The van der Waals surface area contributed by atoms with Gasteiger partial charge in [0.1, 0.15) is 11.5 Å². The van der Waals surface area contributed by atoms with E-state index in [1.54, 1.807) is 42.7 Å². The van der Waals surface area contributed by atoms with Gasteiger partial charge in [-0.25, -0.2) is 9.37 Å². The highest BCUT2D eigenvalue weighted by Crippen LogP contribution is 2.32. The maximum atomic E-state index is 14.6. The number of aromatic amines is 2. The fourth-order valence-corrected chi connectivity index (χ4v) is 4.00. The molecule has 4 heterocycles. The highest BCUT2D eigenvalue weighted by atomic mass is 19.1. The van der Waals surface area contributed by atoms with E-state index in [1.807, 2.05) is 44.2 Å². The van der Waals surface area contributed by atoms with E-state index in [-0.39, 0.29) is 5.82 Å². The average molecular weight is 466 g/mol. The zero-order chi connectivity index (χ0) is 24.5. The predicted octanol–water partition coefficient (Wildman–Crippen LogP) is 5.54. The molecule has 0 aliphatic rings. The van der Waals surface area contributed by atoms with Gasteiger partial charge < -0.3 is 9.88 Å². The zero-order valence-electron chi connectivity index (χ0n) is 19.7. The summed E-state index contributed by atoms with van der Waals surface area (Å²) in [6.45, 7) is 5.70. The molecule has 5 rings (SSSR count). The van der Waals surface area contributed by atoms with Crippen molar-refractivity contribution in [2.24, 2.45) is 0 Å². The molecule has 0 amide bonds. The van der Waals surface area contributed by atoms with Crippen molar-refractivity contribution >= 4 is 22.2 Å². The Morgan fingerprint density at radius 2 is 1.94 bits per heavy atom. The van der Waals surface area contributed by atoms with Crippen molar-refractivity contribution in [2.45, 2.75) is 6.92 Å². The van der Waals surface area contributed by atoms with Gasteiger partial charge in [-0.15, -0.1) is 0 Å². The summed E-state index contributed by atoms with van der Waals surface area (Å²) in [5.74, 6) is 0.256. The maximum absolute atomic E-state index is 14.6. The summed E-state index contributed by atoms with van der Waals surface area (Å²) in [5.41, 5.74) is 6.64. The minimum absolute atomic E-state index is 0.320. The number of H-pyrrole nitrogens is 2. The lowest BCUT2D eigenvalue weighted by atomic mass is 10.0. The molecule has 0 bridgehead atoms. The van der Waals surface area contributed by atoms with Crippen LogP contribution in [0.5, 0.6) is 0 Å². The second kappa shape index (κ2) is 8.98. The lowest BCUT2D eigenvalue weighted by Gasteiger charge is -2.12. The molecule has 0 aliphatic heterocycles. The van der Waals surface area contributed by atoms with Crippen LogP contribution in [0.1, 0.15) is 17.0 Å². The molecule has 1 aromatic carbocycles. The summed E-state index contributed by atoms with van der Waals surface area (Å²) in [5, 5.41) is 8.40. The lowest BCUT2D eigenvalue weighted by Crippen LogP contribution is -2.08. The second-order valence-electron chi connectivity index (χ2n) is 8.37. The average Bonchev–Trinajstić information content (AvgIpc) is 3.46. The fraction of sp³-hybridized carbons (Fsp3) is 0.111. The van der Waals surface area contributed by atoms with Gasteiger partial charge in [0.15, 0.2) is 5.82 Å². The third-order valence-electron chi connectivity index (χ3n) is 5.80. The van der Waals surface area contributed by atoms with Crippen molar-refractivity contribution in [3.63, 3.8) is 0 Å². The highest BCUT2D eigenvalue weighted by molar-refractivity contribution is 5.93. The Bertz CT molecular complexity index is 1580. The number of halogens is 1. The predicted molar refractivity (Wildman–Crippen MR) is 137 cm³/mol. The summed E-state index contributed by atoms with van der Waals surface area (Å²) in [6.07, 6.45) is 8.75. The molecule has 5 aromatic rings. The number of nitrogens with zero attached hydrogens (tertiary/aromatic N) is 5. The summed E-state index contributed by atoms with van der Waals surface area (Å²) in [6, 6.07) is 10.6. The largest absolute Gasteiger partial charge is 0.376 e. The molecule has 4 aromatic heterocycles. The quantitative estimate of drug-likeness (QED) is 0.322. The van der Waals surface area contributed by atoms with Crippen LogP contribution in [0, 0.1) is 12.7 Å². The van der Waals surface area contributed by atoms with E-state index in [0.717, 1.165) is 33.5 Å². The van der Waals surface area contributed by atoms with Crippen molar-refractivity contribution in [1.29, 1.82) is 0 Å². The molecule has 0 spiro atoms. The summed E-state index contributed by atoms with van der Waals surface area (Å²) < 4.78 is 14.6. The SMILES string of the molecule is C=C/C=C(/c1ccccc1F)c1nc(-c2n[nH]c3cnc(-c4cncc(N(C)C)c4)cc23)[nH]c1C. The number of nitrogens with one attached hydrogen (secondary N) is 2. The van der Waals surface area contributed by atoms with E-state index in [4.69, 9.17) is 4.98 Å². The summed E-state index contributed by atoms with van der Waals surface area (Å²) >= 11 is 0. The molecular formula is C27H24FN7. The second-order valence-corrected chi connectivity index (χ2v) is 8.37. The molecule has 0 aliphatic carbocycles. The molecule has 174 valence electrons. The molecule has 0 saturated heterocycles. The molecule has 8 heteroatoms. The number of benzene rings is 1. The number of fused-ring (bicyclic) bond motifs is 1. The molecule has 7 nitrogen and oxygen atoms in total. The van der Waals surface area contributed by atoms with Gasteiger partial charge >= 0.3 is 0 Å². The standard InChI is InChI=1S/C27H24FN7/c1-5-8-20(19-9-6-7-10-22(19)28)25-16(2)31-27(32-25)26-21-12-23(30-15-24(21)33-34-26)17-11-18(35(3)4)14-29-13-17/h5-15H,1H2,2-4H3,(H,31,32)(H,33,34)/b20-8-. The molecule has 2 N–H and O–H groups in total. The van der Waals surface area contributed by atoms with E-state index in [2.05, 4.69) is 31.7 Å². The molecule has 0 radical (unpaired) electrons. The number of hydrogen-bond donors (Lipinski definition) is 2. The Morgan fingerprint density at radius 3 is 2.71 bits per heavy atom. The van der Waals surface area contributed by atoms with Gasteiger partial charge in [0.2, 0.25) is 0 Å². The van der Waals surface area contributed by atoms with Crippen LogP contribution in [0.4, 0.5) is 10.1 Å². The van der Waals surface area contributed by atoms with Gasteiger partial charge in [-0.1, -0.05) is 36.9 Å². The number of allylic oxidation sites excluding steroid dienone is 2. The van der Waals surface area contributed by atoms with Gasteiger partial charge in [0.25, 0.3) is 0 Å². The lowest BCUT2D eigenvalue weighted by molar-refractivity contribution is 0.624. The van der Waals surface area contributed by atoms with Crippen molar-refractivity contribution in [3.05, 3.63) is 96.5 Å². The maximum Gasteiger partial charge on any atom is 0.159 e. The van der Waals surface area contributed by atoms with E-state index in [0.29, 0.717) is 28.3 Å². The number of rotatable bonds is 6. The Hall–Kier alpha value is -4.59. The minimum Gasteiger partial charge on any atom is -0.376 e. The van der Waals surface area contributed by atoms with Crippen molar-refractivity contribution < 1.29 is 4.39 Å². The third kappa shape index (κ3) is 4.10. The molecule has 0 fully saturated rings. The first-order valence-corrected chi connectivity index (χ1v) is 11.1. The molecule has 35 heavy (non-hydrogen) atoms. The van der Waals surface area contributed by atoms with E-state index < -0.39 is 0 Å². The van der Waals surface area contributed by atoms with E-state index >= 15 is 0 Å². The highest BCUT2D eigenvalue weighted by Gasteiger charge is 2.19. The Labute approximate surface area is 202 Å². The number of hydrogen-bond acceptors (Lipinski definition) is 5. The smallest absolute Gasteiger partial charge is 0.159 e. The van der Waals surface area contributed by atoms with Gasteiger partial charge in [-0.2, -0.15) is 5.10 Å². The third-order valence-corrected chi connectivity index (χ3v) is 5.80. The number of pyridine rings is 2. The van der Waals surface area contributed by atoms with Crippen molar-refractivity contribution in [2.75, 3.05) is 19.0 Å². The van der Waals surface area contributed by atoms with Crippen LogP contribution in [-0.4, -0.2) is 44.2 Å². The number of anilines is 1. The summed E-state index contributed by atoms with van der Waals surface area (Å²) in [7, 11) is 3.94. The van der Waals surface area contributed by atoms with Gasteiger partial charge in [0.05, 0.1) is 35.0 Å². The first-order valence-electron chi connectivity index (χ1n) is 11.1. The van der Waals surface area contributed by atoms with Crippen molar-refractivity contribution in [3.8, 4) is 22.8 Å². The summed E-state index contributed by atoms with van der Waals surface area (Å²) in [4.78, 5) is 19.1. The minimum atomic E-state index is -0.320. The fourth-order valence-electron chi connectivity index (χ4n) is 4.00. The Balaban J connectivity index is 1.60. The number of aryl methyl sites for hydroxylation is 1. The van der Waals surface area contributed by atoms with Gasteiger partial charge in [-0.3, -0.25) is 15.1 Å². The monoisotopic (exact) mass is 465 g/mol. The molecule has 0 saturated carbocycles. The first kappa shape index (κ1) is 22.2. The Kier molecular flexibility index (Phi) is 5.70. The zero-order valence-corrected chi connectivity index (χ0v) is 19.7. The Morgan fingerprint density at radius 1 is 1.11 bits per heavy atom. The van der Waals surface area contributed by atoms with Crippen molar-refractivity contribution in [1.82, 2.24) is 30.1 Å². The van der Waals surface area contributed by atoms with E-state index in [9.17, 15) is 4.39 Å².